The topological polar surface area (TPSA) is 85.9 Å². The molecule has 3 heterocycles. The van der Waals surface area contributed by atoms with Crippen LogP contribution < -0.4 is 14.8 Å². The smallest absolute Gasteiger partial charge is 0.271 e. The molecule has 2 aromatic carbocycles. The van der Waals surface area contributed by atoms with Gasteiger partial charge in [-0.25, -0.2) is 0 Å². The van der Waals surface area contributed by atoms with Crippen LogP contribution in [-0.2, 0) is 24.4 Å². The zero-order valence-electron chi connectivity index (χ0n) is 21.1. The lowest BCUT2D eigenvalue weighted by atomic mass is 9.93. The molecule has 0 saturated heterocycles. The van der Waals surface area contributed by atoms with Crippen LogP contribution in [0.1, 0.15) is 28.5 Å². The molecule has 5 rings (SSSR count). The number of fused-ring (bicyclic) bond motifs is 1. The monoisotopic (exact) mass is 499 g/mol. The molecule has 0 bridgehead atoms. The number of furan rings is 1. The Labute approximate surface area is 215 Å². The molecular formula is C29H29N3O5. The van der Waals surface area contributed by atoms with Crippen molar-refractivity contribution in [1.82, 2.24) is 14.8 Å². The number of nitrogens with zero attached hydrogens (tertiary/aromatic N) is 2. The van der Waals surface area contributed by atoms with E-state index in [0.29, 0.717) is 29.5 Å². The Morgan fingerprint density at radius 1 is 0.973 bits per heavy atom. The van der Waals surface area contributed by atoms with Gasteiger partial charge in [-0.15, -0.1) is 0 Å². The van der Waals surface area contributed by atoms with Crippen molar-refractivity contribution in [3.05, 3.63) is 95.9 Å². The minimum Gasteiger partial charge on any atom is -0.493 e. The van der Waals surface area contributed by atoms with E-state index < -0.39 is 5.54 Å². The van der Waals surface area contributed by atoms with Crippen LogP contribution in [0.2, 0.25) is 0 Å². The van der Waals surface area contributed by atoms with Crippen LogP contribution in [0.25, 0.3) is 11.5 Å². The Hall–Kier alpha value is -4.46. The largest absolute Gasteiger partial charge is 0.493 e. The third-order valence-corrected chi connectivity index (χ3v) is 6.88. The zero-order chi connectivity index (χ0) is 26.0. The summed E-state index contributed by atoms with van der Waals surface area (Å²) < 4.78 is 18.6. The first-order valence-electron chi connectivity index (χ1n) is 12.0. The van der Waals surface area contributed by atoms with E-state index in [1.807, 2.05) is 59.2 Å². The summed E-state index contributed by atoms with van der Waals surface area (Å²) in [5, 5.41) is 3.05. The quantitative estimate of drug-likeness (QED) is 0.386. The number of amides is 2. The maximum Gasteiger partial charge on any atom is 0.271 e. The second kappa shape index (κ2) is 9.89. The fourth-order valence-corrected chi connectivity index (χ4v) is 4.88. The molecule has 190 valence electrons. The lowest BCUT2D eigenvalue weighted by Crippen LogP contribution is -2.63. The lowest BCUT2D eigenvalue weighted by Gasteiger charge is -2.44. The fourth-order valence-electron chi connectivity index (χ4n) is 4.88. The molecule has 0 fully saturated rings. The summed E-state index contributed by atoms with van der Waals surface area (Å²) in [6.07, 6.45) is 1.59. The van der Waals surface area contributed by atoms with Gasteiger partial charge in [0.05, 0.1) is 39.3 Å². The second-order valence-electron chi connectivity index (χ2n) is 9.15. The van der Waals surface area contributed by atoms with E-state index in [-0.39, 0.29) is 24.9 Å². The van der Waals surface area contributed by atoms with Crippen LogP contribution in [0.4, 0.5) is 0 Å². The van der Waals surface area contributed by atoms with Crippen molar-refractivity contribution >= 4 is 11.8 Å². The van der Waals surface area contributed by atoms with Gasteiger partial charge >= 0.3 is 0 Å². The van der Waals surface area contributed by atoms with Crippen molar-refractivity contribution in [2.24, 2.45) is 0 Å². The molecule has 1 aliphatic heterocycles. The molecule has 0 spiro atoms. The second-order valence-corrected chi connectivity index (χ2v) is 9.15. The van der Waals surface area contributed by atoms with E-state index in [0.717, 1.165) is 16.8 Å². The molecular weight excluding hydrogens is 470 g/mol. The first-order valence-corrected chi connectivity index (χ1v) is 12.0. The van der Waals surface area contributed by atoms with Gasteiger partial charge < -0.3 is 28.7 Å². The SMILES string of the molecule is COc1cccc(CN2C(=O)c3ccc(-c4ccco4)n3C[C@@]2(C)C(=O)NCc2ccccc2)c1OC. The summed E-state index contributed by atoms with van der Waals surface area (Å²) in [4.78, 5) is 29.4. The van der Waals surface area contributed by atoms with Gasteiger partial charge in [-0.2, -0.15) is 0 Å². The Balaban J connectivity index is 1.55. The van der Waals surface area contributed by atoms with Crippen molar-refractivity contribution in [3.63, 3.8) is 0 Å². The Kier molecular flexibility index (Phi) is 6.48. The van der Waals surface area contributed by atoms with E-state index in [1.54, 1.807) is 50.5 Å². The third-order valence-electron chi connectivity index (χ3n) is 6.88. The summed E-state index contributed by atoms with van der Waals surface area (Å²) in [6.45, 7) is 2.57. The third kappa shape index (κ3) is 4.35. The summed E-state index contributed by atoms with van der Waals surface area (Å²) >= 11 is 0. The van der Waals surface area contributed by atoms with Gasteiger partial charge in [0.2, 0.25) is 5.91 Å². The Bertz CT molecular complexity index is 1410. The number of benzene rings is 2. The minimum atomic E-state index is -1.20. The number of carbonyl (C=O) groups excluding carboxylic acids is 2. The summed E-state index contributed by atoms with van der Waals surface area (Å²) in [5.74, 6) is 1.21. The molecule has 0 unspecified atom stereocenters. The van der Waals surface area contributed by atoms with Gasteiger partial charge in [0.1, 0.15) is 17.0 Å². The summed E-state index contributed by atoms with van der Waals surface area (Å²) in [5.41, 5.74) is 1.74. The number of para-hydroxylation sites is 1. The Morgan fingerprint density at radius 3 is 2.46 bits per heavy atom. The molecule has 2 aromatic heterocycles. The molecule has 8 nitrogen and oxygen atoms in total. The molecule has 8 heteroatoms. The van der Waals surface area contributed by atoms with Crippen LogP contribution >= 0.6 is 0 Å². The van der Waals surface area contributed by atoms with Gasteiger partial charge in [0.15, 0.2) is 11.5 Å². The van der Waals surface area contributed by atoms with Gasteiger partial charge in [-0.1, -0.05) is 42.5 Å². The highest BCUT2D eigenvalue weighted by Gasteiger charge is 2.48. The predicted octanol–water partition coefficient (Wildman–Crippen LogP) is 4.50. The van der Waals surface area contributed by atoms with Crippen LogP contribution in [0.5, 0.6) is 11.5 Å². The molecule has 37 heavy (non-hydrogen) atoms. The van der Waals surface area contributed by atoms with E-state index in [2.05, 4.69) is 5.32 Å². The average Bonchev–Trinajstić information content (AvgIpc) is 3.60. The highest BCUT2D eigenvalue weighted by Crippen LogP contribution is 2.37. The van der Waals surface area contributed by atoms with Crippen LogP contribution in [0, 0.1) is 0 Å². The van der Waals surface area contributed by atoms with Crippen molar-refractivity contribution in [1.29, 1.82) is 0 Å². The maximum absolute atomic E-state index is 14.0. The van der Waals surface area contributed by atoms with Gasteiger partial charge in [-0.3, -0.25) is 9.59 Å². The number of methoxy groups -OCH3 is 2. The molecule has 1 N–H and O–H groups in total. The minimum absolute atomic E-state index is 0.162. The number of ether oxygens (including phenoxy) is 2. The van der Waals surface area contributed by atoms with E-state index in [1.165, 1.54) is 0 Å². The normalized spacial score (nSPS) is 16.8. The number of rotatable bonds is 8. The number of hydrogen-bond donors (Lipinski definition) is 1. The first-order chi connectivity index (χ1) is 18.0. The number of nitrogens with one attached hydrogen (secondary N) is 1. The summed E-state index contributed by atoms with van der Waals surface area (Å²) in [7, 11) is 3.13. The predicted molar refractivity (Wildman–Crippen MR) is 138 cm³/mol. The van der Waals surface area contributed by atoms with Crippen LogP contribution in [0.3, 0.4) is 0 Å². The molecule has 4 aromatic rings. The van der Waals surface area contributed by atoms with Crippen LogP contribution in [0.15, 0.2) is 83.5 Å². The van der Waals surface area contributed by atoms with Crippen molar-refractivity contribution in [3.8, 4) is 23.0 Å². The molecule has 1 atom stereocenters. The van der Waals surface area contributed by atoms with Crippen LogP contribution in [-0.4, -0.2) is 41.0 Å². The van der Waals surface area contributed by atoms with Crippen molar-refractivity contribution in [2.75, 3.05) is 14.2 Å². The van der Waals surface area contributed by atoms with E-state index in [9.17, 15) is 9.59 Å². The van der Waals surface area contributed by atoms with Crippen molar-refractivity contribution in [2.45, 2.75) is 32.1 Å². The van der Waals surface area contributed by atoms with Gasteiger partial charge in [0.25, 0.3) is 5.91 Å². The molecule has 2 amide bonds. The van der Waals surface area contributed by atoms with Gasteiger partial charge in [0, 0.05) is 12.1 Å². The highest BCUT2D eigenvalue weighted by atomic mass is 16.5. The highest BCUT2D eigenvalue weighted by molar-refractivity contribution is 6.00. The molecule has 1 aliphatic rings. The number of carbonyl (C=O) groups is 2. The summed E-state index contributed by atoms with van der Waals surface area (Å²) in [6, 6.07) is 22.5. The average molecular weight is 500 g/mol. The standard InChI is InChI=1S/C29H29N3O5/c1-29(28(34)30-17-20-9-5-4-6-10-20)19-31-22(24-13-8-16-37-24)14-15-23(31)27(33)32(29)18-21-11-7-12-25(35-2)26(21)36-3/h4-16H,17-19H2,1-3H3,(H,30,34)/t29-/m0/s1. The molecule has 0 saturated carbocycles. The van der Waals surface area contributed by atoms with E-state index in [4.69, 9.17) is 13.9 Å². The fraction of sp³-hybridized carbons (Fsp3) is 0.241. The first kappa shape index (κ1) is 24.2. The maximum atomic E-state index is 14.0. The number of hydrogen-bond acceptors (Lipinski definition) is 5. The lowest BCUT2D eigenvalue weighted by molar-refractivity contribution is -0.133. The molecule has 0 aliphatic carbocycles. The van der Waals surface area contributed by atoms with E-state index >= 15 is 0 Å². The Morgan fingerprint density at radius 2 is 1.76 bits per heavy atom. The zero-order valence-corrected chi connectivity index (χ0v) is 21.1. The van der Waals surface area contributed by atoms with Crippen molar-refractivity contribution < 1.29 is 23.5 Å². The molecule has 0 radical (unpaired) electrons. The van der Waals surface area contributed by atoms with Gasteiger partial charge in [-0.05, 0) is 42.8 Å². The number of aromatic nitrogens is 1.